The van der Waals surface area contributed by atoms with Crippen LogP contribution in [0.3, 0.4) is 0 Å². The standard InChI is InChI=1S/C7H14ClNO4S/c1-6(7(10)13-2)14(11,12)9-5-3-4-8/h6,9H,3-5H2,1-2H3. The number of esters is 1. The highest BCUT2D eigenvalue weighted by molar-refractivity contribution is 7.90. The average Bonchev–Trinajstić information content (AvgIpc) is 2.15. The SMILES string of the molecule is COC(=O)C(C)S(=O)(=O)NCCCCl. The summed E-state index contributed by atoms with van der Waals surface area (Å²) in [5, 5.41) is -1.19. The van der Waals surface area contributed by atoms with Gasteiger partial charge in [-0.05, 0) is 13.3 Å². The zero-order valence-corrected chi connectivity index (χ0v) is 9.69. The Kier molecular flexibility index (Phi) is 6.06. The van der Waals surface area contributed by atoms with Gasteiger partial charge in [-0.15, -0.1) is 11.6 Å². The van der Waals surface area contributed by atoms with Crippen LogP contribution in [0.5, 0.6) is 0 Å². The number of ether oxygens (including phenoxy) is 1. The van der Waals surface area contributed by atoms with Crippen molar-refractivity contribution in [2.75, 3.05) is 19.5 Å². The molecule has 1 N–H and O–H groups in total. The van der Waals surface area contributed by atoms with Crippen molar-refractivity contribution in [3.63, 3.8) is 0 Å². The van der Waals surface area contributed by atoms with Gasteiger partial charge in [-0.3, -0.25) is 4.79 Å². The lowest BCUT2D eigenvalue weighted by atomic mass is 10.5. The molecule has 1 unspecified atom stereocenters. The number of halogens is 1. The molecule has 0 aliphatic rings. The third-order valence-electron chi connectivity index (χ3n) is 1.61. The van der Waals surface area contributed by atoms with Gasteiger partial charge in [-0.1, -0.05) is 0 Å². The number of carbonyl (C=O) groups is 1. The van der Waals surface area contributed by atoms with Crippen molar-refractivity contribution in [2.24, 2.45) is 0 Å². The van der Waals surface area contributed by atoms with Crippen molar-refractivity contribution in [1.82, 2.24) is 4.72 Å². The first kappa shape index (κ1) is 13.7. The Morgan fingerprint density at radius 3 is 2.57 bits per heavy atom. The van der Waals surface area contributed by atoms with E-state index in [1.54, 1.807) is 0 Å². The first-order valence-corrected chi connectivity index (χ1v) is 6.16. The summed E-state index contributed by atoms with van der Waals surface area (Å²) in [5.74, 6) is -0.404. The summed E-state index contributed by atoms with van der Waals surface area (Å²) in [7, 11) is -2.48. The van der Waals surface area contributed by atoms with E-state index in [0.29, 0.717) is 12.3 Å². The molecule has 0 aromatic rings. The molecule has 14 heavy (non-hydrogen) atoms. The average molecular weight is 244 g/mol. The van der Waals surface area contributed by atoms with Crippen LogP contribution in [0, 0.1) is 0 Å². The minimum absolute atomic E-state index is 0.229. The van der Waals surface area contributed by atoms with Crippen LogP contribution in [-0.4, -0.2) is 39.2 Å². The maximum Gasteiger partial charge on any atom is 0.325 e. The smallest absolute Gasteiger partial charge is 0.325 e. The van der Waals surface area contributed by atoms with Gasteiger partial charge in [-0.2, -0.15) is 0 Å². The second-order valence-corrected chi connectivity index (χ2v) is 5.11. The summed E-state index contributed by atoms with van der Waals surface area (Å²) in [6.45, 7) is 1.50. The van der Waals surface area contributed by atoms with Gasteiger partial charge in [0.1, 0.15) is 0 Å². The van der Waals surface area contributed by atoms with E-state index in [2.05, 4.69) is 9.46 Å². The maximum absolute atomic E-state index is 11.4. The van der Waals surface area contributed by atoms with Crippen molar-refractivity contribution in [3.8, 4) is 0 Å². The van der Waals surface area contributed by atoms with E-state index in [-0.39, 0.29) is 6.54 Å². The lowest BCUT2D eigenvalue weighted by Crippen LogP contribution is -2.38. The van der Waals surface area contributed by atoms with Crippen LogP contribution in [0.4, 0.5) is 0 Å². The molecule has 1 atom stereocenters. The highest BCUT2D eigenvalue weighted by Gasteiger charge is 2.27. The number of alkyl halides is 1. The van der Waals surface area contributed by atoms with Crippen molar-refractivity contribution < 1.29 is 17.9 Å². The third-order valence-corrected chi connectivity index (χ3v) is 3.61. The lowest BCUT2D eigenvalue weighted by molar-refractivity contribution is -0.139. The van der Waals surface area contributed by atoms with Gasteiger partial charge >= 0.3 is 5.97 Å². The molecule has 5 nitrogen and oxygen atoms in total. The Labute approximate surface area is 88.8 Å². The monoisotopic (exact) mass is 243 g/mol. The highest BCUT2D eigenvalue weighted by Crippen LogP contribution is 2.00. The van der Waals surface area contributed by atoms with Gasteiger partial charge < -0.3 is 4.74 Å². The Morgan fingerprint density at radius 2 is 2.14 bits per heavy atom. The van der Waals surface area contributed by atoms with Crippen LogP contribution in [0.25, 0.3) is 0 Å². The fraction of sp³-hybridized carbons (Fsp3) is 0.857. The summed E-state index contributed by atoms with van der Waals surface area (Å²) in [6, 6.07) is 0. The first-order valence-electron chi connectivity index (χ1n) is 4.08. The van der Waals surface area contributed by atoms with E-state index in [1.165, 1.54) is 6.92 Å². The Balaban J connectivity index is 4.24. The van der Waals surface area contributed by atoms with Crippen molar-refractivity contribution in [3.05, 3.63) is 0 Å². The van der Waals surface area contributed by atoms with Crippen LogP contribution in [0.1, 0.15) is 13.3 Å². The number of sulfonamides is 1. The van der Waals surface area contributed by atoms with Crippen LogP contribution < -0.4 is 4.72 Å². The van der Waals surface area contributed by atoms with Gasteiger partial charge in [0.05, 0.1) is 7.11 Å². The normalized spacial score (nSPS) is 13.6. The van der Waals surface area contributed by atoms with Gasteiger partial charge in [-0.25, -0.2) is 13.1 Å². The molecule has 0 saturated heterocycles. The molecule has 0 spiro atoms. The van der Waals surface area contributed by atoms with E-state index >= 15 is 0 Å². The molecule has 0 rings (SSSR count). The van der Waals surface area contributed by atoms with Crippen molar-refractivity contribution in [2.45, 2.75) is 18.6 Å². The summed E-state index contributed by atoms with van der Waals surface area (Å²) in [5.41, 5.74) is 0. The second kappa shape index (κ2) is 6.21. The quantitative estimate of drug-likeness (QED) is 0.408. The second-order valence-electron chi connectivity index (χ2n) is 2.65. The van der Waals surface area contributed by atoms with Gasteiger partial charge in [0.15, 0.2) is 5.25 Å². The first-order chi connectivity index (χ1) is 6.45. The molecular formula is C7H14ClNO4S. The third kappa shape index (κ3) is 4.26. The fourth-order valence-electron chi connectivity index (χ4n) is 0.699. The van der Waals surface area contributed by atoms with E-state index in [4.69, 9.17) is 11.6 Å². The molecule has 0 aliphatic heterocycles. The zero-order valence-electron chi connectivity index (χ0n) is 8.12. The fourth-order valence-corrected chi connectivity index (χ4v) is 1.86. The minimum Gasteiger partial charge on any atom is -0.468 e. The molecule has 0 fully saturated rings. The number of methoxy groups -OCH3 is 1. The zero-order chi connectivity index (χ0) is 11.2. The lowest BCUT2D eigenvalue weighted by Gasteiger charge is -2.11. The van der Waals surface area contributed by atoms with Gasteiger partial charge in [0, 0.05) is 12.4 Å². The van der Waals surface area contributed by atoms with E-state index < -0.39 is 21.2 Å². The summed E-state index contributed by atoms with van der Waals surface area (Å²) < 4.78 is 29.3. The molecule has 0 aromatic heterocycles. The van der Waals surface area contributed by atoms with Crippen LogP contribution >= 0.6 is 11.6 Å². The summed E-state index contributed by atoms with van der Waals surface area (Å²) >= 11 is 5.37. The number of carbonyl (C=O) groups excluding carboxylic acids is 1. The molecule has 84 valence electrons. The Bertz CT molecular complexity index is 277. The van der Waals surface area contributed by atoms with Crippen LogP contribution in [-0.2, 0) is 19.6 Å². The van der Waals surface area contributed by atoms with Crippen molar-refractivity contribution >= 4 is 27.6 Å². The Morgan fingerprint density at radius 1 is 1.57 bits per heavy atom. The molecule has 0 saturated carbocycles. The predicted octanol–water partition coefficient (Wildman–Crippen LogP) is 0.0962. The number of nitrogens with one attached hydrogen (secondary N) is 1. The number of rotatable bonds is 6. The topological polar surface area (TPSA) is 72.5 Å². The Hall–Kier alpha value is -0.330. The molecule has 0 aliphatic carbocycles. The van der Waals surface area contributed by atoms with E-state index in [0.717, 1.165) is 7.11 Å². The molecule has 0 amide bonds. The molecule has 0 aromatic carbocycles. The van der Waals surface area contributed by atoms with Crippen molar-refractivity contribution in [1.29, 1.82) is 0 Å². The highest BCUT2D eigenvalue weighted by atomic mass is 35.5. The molecule has 0 heterocycles. The summed E-state index contributed by atoms with van der Waals surface area (Å²) in [6.07, 6.45) is 0.522. The number of hydrogen-bond acceptors (Lipinski definition) is 4. The van der Waals surface area contributed by atoms with Gasteiger partial charge in [0.2, 0.25) is 10.0 Å². The van der Waals surface area contributed by atoms with E-state index in [1.807, 2.05) is 0 Å². The maximum atomic E-state index is 11.4. The van der Waals surface area contributed by atoms with E-state index in [9.17, 15) is 13.2 Å². The minimum atomic E-state index is -3.63. The van der Waals surface area contributed by atoms with Crippen LogP contribution in [0.2, 0.25) is 0 Å². The number of hydrogen-bond donors (Lipinski definition) is 1. The van der Waals surface area contributed by atoms with Crippen LogP contribution in [0.15, 0.2) is 0 Å². The molecule has 0 bridgehead atoms. The summed E-state index contributed by atoms with van der Waals surface area (Å²) in [4.78, 5) is 10.9. The van der Waals surface area contributed by atoms with Gasteiger partial charge in [0.25, 0.3) is 0 Å². The molecule has 0 radical (unpaired) electrons. The molecular weight excluding hydrogens is 230 g/mol. The predicted molar refractivity (Wildman–Crippen MR) is 53.7 cm³/mol. The largest absolute Gasteiger partial charge is 0.468 e. The molecule has 7 heteroatoms.